The highest BCUT2D eigenvalue weighted by atomic mass is 32.3. The fraction of sp³-hybridized carbons (Fsp3) is 0.0769. The molecule has 0 amide bonds. The van der Waals surface area contributed by atoms with Gasteiger partial charge in [-0.3, -0.25) is 4.55 Å². The highest BCUT2D eigenvalue weighted by Crippen LogP contribution is 2.25. The van der Waals surface area contributed by atoms with E-state index in [1.807, 2.05) is 0 Å². The zero-order valence-electron chi connectivity index (χ0n) is 11.3. The van der Waals surface area contributed by atoms with E-state index in [4.69, 9.17) is 8.74 Å². The van der Waals surface area contributed by atoms with Gasteiger partial charge in [0.2, 0.25) is 0 Å². The van der Waals surface area contributed by atoms with Gasteiger partial charge in [-0.05, 0) is 35.4 Å². The van der Waals surface area contributed by atoms with Gasteiger partial charge >= 0.3 is 20.5 Å². The van der Waals surface area contributed by atoms with Crippen molar-refractivity contribution in [3.05, 3.63) is 48.5 Å². The average molecular weight is 344 g/mol. The Labute approximate surface area is 128 Å². The molecule has 7 nitrogen and oxygen atoms in total. The maximum Gasteiger partial charge on any atom is 0.446 e. The average Bonchev–Trinajstić information content (AvgIpc) is 2.37. The second-order valence-electron chi connectivity index (χ2n) is 4.35. The van der Waals surface area contributed by atoms with Crippen LogP contribution in [0.2, 0.25) is 0 Å². The van der Waals surface area contributed by atoms with Gasteiger partial charge in [-0.1, -0.05) is 24.3 Å². The van der Waals surface area contributed by atoms with Crippen molar-refractivity contribution in [3.63, 3.8) is 0 Å². The predicted molar refractivity (Wildman–Crippen MR) is 79.5 cm³/mol. The van der Waals surface area contributed by atoms with Crippen molar-refractivity contribution in [2.45, 2.75) is 0 Å². The molecule has 0 aliphatic carbocycles. The first kappa shape index (κ1) is 16.3. The molecule has 0 saturated heterocycles. The lowest BCUT2D eigenvalue weighted by molar-refractivity contribution is 0.387. The van der Waals surface area contributed by atoms with E-state index in [2.05, 4.69) is 4.18 Å². The van der Waals surface area contributed by atoms with Gasteiger partial charge in [0.25, 0.3) is 0 Å². The van der Waals surface area contributed by atoms with Crippen LogP contribution in [0.3, 0.4) is 0 Å². The minimum absolute atomic E-state index is 0.0247. The lowest BCUT2D eigenvalue weighted by Gasteiger charge is -2.06. The fourth-order valence-corrected chi connectivity index (χ4v) is 2.52. The standard InChI is InChI=1S/C13H12O7S2/c1-21(14,15)19-12-6-2-10(3-7-12)11-4-8-13(9-5-11)20-22(16,17)18/h2-9H,1H3,(H,16,17,18). The molecular formula is C13H12O7S2. The lowest BCUT2D eigenvalue weighted by Crippen LogP contribution is -2.06. The maximum atomic E-state index is 11.0. The molecule has 0 atom stereocenters. The monoisotopic (exact) mass is 344 g/mol. The normalized spacial score (nSPS) is 11.9. The maximum absolute atomic E-state index is 11.0. The van der Waals surface area contributed by atoms with Crippen LogP contribution in [0.15, 0.2) is 48.5 Å². The zero-order chi connectivity index (χ0) is 16.4. The summed E-state index contributed by atoms with van der Waals surface area (Å²) in [6, 6.07) is 12.2. The van der Waals surface area contributed by atoms with Crippen LogP contribution in [-0.2, 0) is 20.5 Å². The highest BCUT2D eigenvalue weighted by Gasteiger charge is 2.08. The van der Waals surface area contributed by atoms with E-state index in [0.29, 0.717) is 0 Å². The van der Waals surface area contributed by atoms with Gasteiger partial charge in [-0.15, -0.1) is 0 Å². The number of benzene rings is 2. The molecule has 0 spiro atoms. The molecule has 9 heteroatoms. The Bertz CT molecular complexity index is 776. The second-order valence-corrected chi connectivity index (χ2v) is 6.94. The molecule has 22 heavy (non-hydrogen) atoms. The summed E-state index contributed by atoms with van der Waals surface area (Å²) in [5.41, 5.74) is 1.51. The Balaban J connectivity index is 2.18. The molecule has 2 aromatic carbocycles. The Morgan fingerprint density at radius 3 is 1.41 bits per heavy atom. The largest absolute Gasteiger partial charge is 0.446 e. The third-order valence-electron chi connectivity index (χ3n) is 2.49. The summed E-state index contributed by atoms with van der Waals surface area (Å²) in [5, 5.41) is 0. The number of hydrogen-bond acceptors (Lipinski definition) is 6. The first-order chi connectivity index (χ1) is 10.1. The smallest absolute Gasteiger partial charge is 0.383 e. The summed E-state index contributed by atoms with van der Waals surface area (Å²) in [4.78, 5) is 0. The minimum atomic E-state index is -4.55. The topological polar surface area (TPSA) is 107 Å². The quantitative estimate of drug-likeness (QED) is 0.652. The molecule has 0 aliphatic heterocycles. The first-order valence-electron chi connectivity index (χ1n) is 5.89. The van der Waals surface area contributed by atoms with Crippen molar-refractivity contribution in [2.24, 2.45) is 0 Å². The van der Waals surface area contributed by atoms with E-state index in [1.165, 1.54) is 24.3 Å². The van der Waals surface area contributed by atoms with Gasteiger partial charge in [-0.2, -0.15) is 16.8 Å². The van der Waals surface area contributed by atoms with Crippen LogP contribution < -0.4 is 8.37 Å². The summed E-state index contributed by atoms with van der Waals surface area (Å²) in [7, 11) is -8.13. The van der Waals surface area contributed by atoms with Crippen LogP contribution in [0, 0.1) is 0 Å². The summed E-state index contributed by atoms with van der Waals surface area (Å²) in [5.74, 6) is 0.167. The van der Waals surface area contributed by atoms with Crippen molar-refractivity contribution in [3.8, 4) is 22.6 Å². The SMILES string of the molecule is CS(=O)(=O)Oc1ccc(-c2ccc(OS(=O)(=O)O)cc2)cc1. The summed E-state index contributed by atoms with van der Waals surface area (Å²) in [6.45, 7) is 0. The molecule has 0 aliphatic rings. The zero-order valence-corrected chi connectivity index (χ0v) is 13.0. The molecule has 0 heterocycles. The molecular weight excluding hydrogens is 332 g/mol. The van der Waals surface area contributed by atoms with E-state index in [-0.39, 0.29) is 11.5 Å². The van der Waals surface area contributed by atoms with Crippen LogP contribution >= 0.6 is 0 Å². The highest BCUT2D eigenvalue weighted by molar-refractivity contribution is 7.86. The van der Waals surface area contributed by atoms with Crippen molar-refractivity contribution in [1.29, 1.82) is 0 Å². The molecule has 2 aromatic rings. The Morgan fingerprint density at radius 2 is 1.09 bits per heavy atom. The summed E-state index contributed by atoms with van der Waals surface area (Å²) < 4.78 is 60.8. The van der Waals surface area contributed by atoms with Gasteiger partial charge in [0.15, 0.2) is 0 Å². The van der Waals surface area contributed by atoms with Gasteiger partial charge < -0.3 is 8.37 Å². The van der Waals surface area contributed by atoms with Crippen LogP contribution in [0.25, 0.3) is 11.1 Å². The molecule has 1 N–H and O–H groups in total. The van der Waals surface area contributed by atoms with Crippen LogP contribution in [0.1, 0.15) is 0 Å². The van der Waals surface area contributed by atoms with Gasteiger partial charge in [0, 0.05) is 0 Å². The molecule has 0 unspecified atom stereocenters. The van der Waals surface area contributed by atoms with Gasteiger partial charge in [-0.25, -0.2) is 0 Å². The van der Waals surface area contributed by atoms with Crippen LogP contribution in [-0.4, -0.2) is 27.6 Å². The number of hydrogen-bond donors (Lipinski definition) is 1. The predicted octanol–water partition coefficient (Wildman–Crippen LogP) is 1.87. The second kappa shape index (κ2) is 5.95. The van der Waals surface area contributed by atoms with Crippen molar-refractivity contribution in [1.82, 2.24) is 0 Å². The minimum Gasteiger partial charge on any atom is -0.383 e. The Kier molecular flexibility index (Phi) is 4.40. The molecule has 118 valence electrons. The third kappa shape index (κ3) is 5.02. The van der Waals surface area contributed by atoms with Gasteiger partial charge in [0.1, 0.15) is 11.5 Å². The molecule has 0 saturated carbocycles. The molecule has 0 fully saturated rings. The van der Waals surface area contributed by atoms with E-state index >= 15 is 0 Å². The molecule has 0 radical (unpaired) electrons. The van der Waals surface area contributed by atoms with Gasteiger partial charge in [0.05, 0.1) is 6.26 Å². The van der Waals surface area contributed by atoms with Crippen LogP contribution in [0.5, 0.6) is 11.5 Å². The Hall–Kier alpha value is -2.10. The third-order valence-corrected chi connectivity index (χ3v) is 3.39. The lowest BCUT2D eigenvalue weighted by atomic mass is 10.1. The van der Waals surface area contributed by atoms with Crippen molar-refractivity contribution < 1.29 is 29.8 Å². The number of rotatable bonds is 5. The fourth-order valence-electron chi connectivity index (χ4n) is 1.70. The van der Waals surface area contributed by atoms with E-state index in [9.17, 15) is 16.8 Å². The molecule has 0 bridgehead atoms. The van der Waals surface area contributed by atoms with E-state index < -0.39 is 20.5 Å². The summed E-state index contributed by atoms with van der Waals surface area (Å²) >= 11 is 0. The molecule has 2 rings (SSSR count). The summed E-state index contributed by atoms with van der Waals surface area (Å²) in [6.07, 6.45) is 0.953. The van der Waals surface area contributed by atoms with Crippen LogP contribution in [0.4, 0.5) is 0 Å². The van der Waals surface area contributed by atoms with E-state index in [1.54, 1.807) is 24.3 Å². The van der Waals surface area contributed by atoms with Crippen molar-refractivity contribution >= 4 is 20.5 Å². The Morgan fingerprint density at radius 1 is 0.727 bits per heavy atom. The van der Waals surface area contributed by atoms with E-state index in [0.717, 1.165) is 17.4 Å². The van der Waals surface area contributed by atoms with Crippen molar-refractivity contribution in [2.75, 3.05) is 6.26 Å². The first-order valence-corrected chi connectivity index (χ1v) is 9.07. The molecule has 0 aromatic heterocycles.